The van der Waals surface area contributed by atoms with Gasteiger partial charge in [0, 0.05) is 6.61 Å². The molecule has 11 heteroatoms. The molecular formula is C18H34O11. The second-order valence-electron chi connectivity index (χ2n) is 7.51. The Bertz CT molecular complexity index is 481. The molecule has 0 aromatic rings. The van der Waals surface area contributed by atoms with Crippen molar-refractivity contribution in [2.24, 2.45) is 0 Å². The van der Waals surface area contributed by atoms with E-state index in [0.29, 0.717) is 6.61 Å². The molecule has 0 aromatic heterocycles. The van der Waals surface area contributed by atoms with Crippen LogP contribution in [0.4, 0.5) is 0 Å². The van der Waals surface area contributed by atoms with Crippen LogP contribution in [0.15, 0.2) is 0 Å². The van der Waals surface area contributed by atoms with Crippen molar-refractivity contribution in [3.05, 3.63) is 0 Å². The third-order valence-corrected chi connectivity index (χ3v) is 5.31. The summed E-state index contributed by atoms with van der Waals surface area (Å²) < 4.78 is 21.7. The van der Waals surface area contributed by atoms with Gasteiger partial charge in [0.25, 0.3) is 0 Å². The summed E-state index contributed by atoms with van der Waals surface area (Å²) in [7, 11) is 0. The lowest BCUT2D eigenvalue weighted by atomic mass is 9.99. The van der Waals surface area contributed by atoms with Crippen molar-refractivity contribution in [3.8, 4) is 0 Å². The fourth-order valence-electron chi connectivity index (χ4n) is 3.45. The van der Waals surface area contributed by atoms with E-state index in [9.17, 15) is 35.7 Å². The summed E-state index contributed by atoms with van der Waals surface area (Å²) in [5, 5.41) is 69.6. The van der Waals surface area contributed by atoms with Crippen LogP contribution >= 0.6 is 0 Å². The van der Waals surface area contributed by atoms with Crippen LogP contribution in [0.1, 0.15) is 32.6 Å². The zero-order chi connectivity index (χ0) is 21.6. The van der Waals surface area contributed by atoms with Crippen LogP contribution in [0.5, 0.6) is 0 Å². The van der Waals surface area contributed by atoms with Crippen molar-refractivity contribution >= 4 is 0 Å². The summed E-state index contributed by atoms with van der Waals surface area (Å²) >= 11 is 0. The molecule has 0 unspecified atom stereocenters. The van der Waals surface area contributed by atoms with E-state index in [1.807, 2.05) is 0 Å². The molecule has 7 N–H and O–H groups in total. The first-order valence-corrected chi connectivity index (χ1v) is 10.0. The van der Waals surface area contributed by atoms with Gasteiger partial charge in [-0.1, -0.05) is 26.2 Å². The molecule has 0 aromatic carbocycles. The maximum Gasteiger partial charge on any atom is 0.224 e. The lowest BCUT2D eigenvalue weighted by Crippen LogP contribution is -2.62. The minimum atomic E-state index is -2.19. The van der Waals surface area contributed by atoms with Crippen LogP contribution in [-0.4, -0.2) is 117 Å². The normalized spacial score (nSPS) is 43.0. The molecule has 0 bridgehead atoms. The Kier molecular flexibility index (Phi) is 9.64. The third kappa shape index (κ3) is 5.63. The van der Waals surface area contributed by atoms with E-state index in [2.05, 4.69) is 6.92 Å². The fourth-order valence-corrected chi connectivity index (χ4v) is 3.45. The molecule has 0 amide bonds. The summed E-state index contributed by atoms with van der Waals surface area (Å²) in [5.41, 5.74) is 0. The number of rotatable bonds is 11. The Labute approximate surface area is 169 Å². The molecule has 172 valence electrons. The minimum Gasteiger partial charge on any atom is -0.394 e. The molecular weight excluding hydrogens is 392 g/mol. The van der Waals surface area contributed by atoms with Gasteiger partial charge < -0.3 is 54.7 Å². The fraction of sp³-hybridized carbons (Fsp3) is 1.00. The van der Waals surface area contributed by atoms with Gasteiger partial charge in [-0.05, 0) is 6.42 Å². The quantitative estimate of drug-likeness (QED) is 0.170. The van der Waals surface area contributed by atoms with Crippen LogP contribution in [0, 0.1) is 0 Å². The zero-order valence-corrected chi connectivity index (χ0v) is 16.5. The summed E-state index contributed by atoms with van der Waals surface area (Å²) in [6, 6.07) is 0. The van der Waals surface area contributed by atoms with Crippen molar-refractivity contribution in [2.75, 3.05) is 26.4 Å². The number of aliphatic hydroxyl groups excluding tert-OH is 7. The molecule has 0 spiro atoms. The topological polar surface area (TPSA) is 179 Å². The molecule has 2 rings (SSSR count). The van der Waals surface area contributed by atoms with E-state index in [1.54, 1.807) is 0 Å². The molecule has 11 nitrogen and oxygen atoms in total. The molecule has 2 heterocycles. The van der Waals surface area contributed by atoms with Gasteiger partial charge in [-0.25, -0.2) is 0 Å². The molecule has 0 radical (unpaired) electrons. The van der Waals surface area contributed by atoms with Gasteiger partial charge in [0.2, 0.25) is 5.79 Å². The number of ether oxygens (including phenoxy) is 4. The highest BCUT2D eigenvalue weighted by atomic mass is 16.8. The predicted molar refractivity (Wildman–Crippen MR) is 96.5 cm³/mol. The largest absolute Gasteiger partial charge is 0.394 e. The van der Waals surface area contributed by atoms with E-state index >= 15 is 0 Å². The minimum absolute atomic E-state index is 0.0750. The Morgan fingerprint density at radius 2 is 1.59 bits per heavy atom. The van der Waals surface area contributed by atoms with Crippen molar-refractivity contribution in [3.63, 3.8) is 0 Å². The van der Waals surface area contributed by atoms with Gasteiger partial charge in [0.05, 0.1) is 13.2 Å². The predicted octanol–water partition coefficient (Wildman–Crippen LogP) is -2.79. The van der Waals surface area contributed by atoms with Gasteiger partial charge in [-0.15, -0.1) is 0 Å². The molecule has 2 aliphatic heterocycles. The molecule has 2 fully saturated rings. The summed E-state index contributed by atoms with van der Waals surface area (Å²) in [4.78, 5) is 0. The Morgan fingerprint density at radius 3 is 2.17 bits per heavy atom. The van der Waals surface area contributed by atoms with Crippen molar-refractivity contribution in [1.82, 2.24) is 0 Å². The third-order valence-electron chi connectivity index (χ3n) is 5.31. The number of unbranched alkanes of at least 4 members (excludes halogenated alkanes) is 3. The van der Waals surface area contributed by atoms with Crippen LogP contribution in [0.25, 0.3) is 0 Å². The Balaban J connectivity index is 1.99. The highest BCUT2D eigenvalue weighted by Gasteiger charge is 2.58. The Hall–Kier alpha value is -0.440. The highest BCUT2D eigenvalue weighted by Crippen LogP contribution is 2.36. The van der Waals surface area contributed by atoms with E-state index in [-0.39, 0.29) is 6.61 Å². The van der Waals surface area contributed by atoms with Gasteiger partial charge in [-0.3, -0.25) is 0 Å². The van der Waals surface area contributed by atoms with Gasteiger partial charge >= 0.3 is 0 Å². The van der Waals surface area contributed by atoms with E-state index < -0.39 is 68.0 Å². The lowest BCUT2D eigenvalue weighted by molar-refractivity contribution is -0.384. The monoisotopic (exact) mass is 426 g/mol. The van der Waals surface area contributed by atoms with E-state index in [0.717, 1.165) is 25.7 Å². The maximum atomic E-state index is 10.2. The van der Waals surface area contributed by atoms with E-state index in [4.69, 9.17) is 18.9 Å². The summed E-state index contributed by atoms with van der Waals surface area (Å²) in [5.74, 6) is -2.19. The lowest BCUT2D eigenvalue weighted by Gasteiger charge is -2.43. The molecule has 0 aliphatic carbocycles. The number of hydrogen-bond donors (Lipinski definition) is 7. The van der Waals surface area contributed by atoms with E-state index in [1.165, 1.54) is 0 Å². The number of aliphatic hydroxyl groups is 7. The SMILES string of the molecule is CCCCCCOC[C@H]1O[C@H](O[C@]2(CO)O[C@H](CO)[C@@H](O)[C@@H]2O)[C@H](O)[C@@H](O)[C@@H]1O. The molecule has 9 atom stereocenters. The van der Waals surface area contributed by atoms with Crippen molar-refractivity contribution in [2.45, 2.75) is 87.4 Å². The van der Waals surface area contributed by atoms with Crippen LogP contribution in [0.3, 0.4) is 0 Å². The number of hydrogen-bond acceptors (Lipinski definition) is 11. The van der Waals surface area contributed by atoms with Gasteiger partial charge in [-0.2, -0.15) is 0 Å². The average Bonchev–Trinajstić information content (AvgIpc) is 2.97. The maximum absolute atomic E-state index is 10.2. The zero-order valence-electron chi connectivity index (χ0n) is 16.5. The molecule has 2 saturated heterocycles. The summed E-state index contributed by atoms with van der Waals surface area (Å²) in [6.07, 6.45) is -8.00. The average molecular weight is 426 g/mol. The first kappa shape index (κ1) is 24.8. The standard InChI is InChI=1S/C18H34O11/c1-2-3-4-5-6-26-8-11-12(21)14(23)15(24)17(27-11)29-18(9-20)16(25)13(22)10(7-19)28-18/h10-17,19-25H,2-9H2,1H3/t10-,11-,12-,13-,14+,15-,16+,17-,18+/m1/s1. The highest BCUT2D eigenvalue weighted by molar-refractivity contribution is 4.98. The second-order valence-corrected chi connectivity index (χ2v) is 7.51. The van der Waals surface area contributed by atoms with Gasteiger partial charge in [0.1, 0.15) is 49.3 Å². The molecule has 2 aliphatic rings. The molecule has 29 heavy (non-hydrogen) atoms. The van der Waals surface area contributed by atoms with Gasteiger partial charge in [0.15, 0.2) is 6.29 Å². The first-order chi connectivity index (χ1) is 13.8. The molecule has 0 saturated carbocycles. The summed E-state index contributed by atoms with van der Waals surface area (Å²) in [6.45, 7) is 0.877. The second kappa shape index (κ2) is 11.3. The van der Waals surface area contributed by atoms with Crippen molar-refractivity contribution < 1.29 is 54.7 Å². The van der Waals surface area contributed by atoms with Crippen LogP contribution < -0.4 is 0 Å². The smallest absolute Gasteiger partial charge is 0.224 e. The Morgan fingerprint density at radius 1 is 0.862 bits per heavy atom. The first-order valence-electron chi connectivity index (χ1n) is 10.0. The van der Waals surface area contributed by atoms with Crippen LogP contribution in [-0.2, 0) is 18.9 Å². The van der Waals surface area contributed by atoms with Crippen molar-refractivity contribution in [1.29, 1.82) is 0 Å². The van der Waals surface area contributed by atoms with Crippen LogP contribution in [0.2, 0.25) is 0 Å².